The van der Waals surface area contributed by atoms with Crippen molar-refractivity contribution in [1.82, 2.24) is 23.6 Å². The fraction of sp³-hybridized carbons (Fsp3) is 0.368. The molecule has 2 N–H and O–H groups in total. The van der Waals surface area contributed by atoms with Gasteiger partial charge in [-0.3, -0.25) is 14.2 Å². The van der Waals surface area contributed by atoms with Crippen molar-refractivity contribution >= 4 is 29.5 Å². The molecule has 3 rings (SSSR count). The number of aryl methyl sites for hydroxylation is 2. The van der Waals surface area contributed by atoms with Crippen molar-refractivity contribution in [1.29, 1.82) is 0 Å². The number of amides is 1. The Hall–Kier alpha value is -2.91. The summed E-state index contributed by atoms with van der Waals surface area (Å²) in [6.07, 6.45) is 2.10. The Bertz CT molecular complexity index is 1100. The van der Waals surface area contributed by atoms with Crippen LogP contribution in [-0.4, -0.2) is 42.6 Å². The number of aromatic nitrogens is 4. The molecule has 0 unspecified atom stereocenters. The highest BCUT2D eigenvalue weighted by Gasteiger charge is 2.20. The summed E-state index contributed by atoms with van der Waals surface area (Å²) < 4.78 is 3.80. The van der Waals surface area contributed by atoms with Crippen LogP contribution in [0.25, 0.3) is 11.2 Å². The molecule has 2 heterocycles. The van der Waals surface area contributed by atoms with Gasteiger partial charge in [-0.1, -0.05) is 30.3 Å². The number of nitrogens with two attached hydrogens (primary N) is 1. The summed E-state index contributed by atoms with van der Waals surface area (Å²) in [5.74, 6) is -0.307. The molecule has 29 heavy (non-hydrogen) atoms. The lowest BCUT2D eigenvalue weighted by atomic mass is 10.2. The minimum absolute atomic E-state index is 0. The van der Waals surface area contributed by atoms with E-state index in [0.29, 0.717) is 31.7 Å². The van der Waals surface area contributed by atoms with E-state index in [2.05, 4.69) is 4.98 Å². The summed E-state index contributed by atoms with van der Waals surface area (Å²) in [7, 11) is 3.21. The molecule has 2 aromatic heterocycles. The first-order valence-electron chi connectivity index (χ1n) is 9.06. The Labute approximate surface area is 173 Å². The molecule has 1 aromatic carbocycles. The van der Waals surface area contributed by atoms with Gasteiger partial charge in [0.25, 0.3) is 5.56 Å². The Kier molecular flexibility index (Phi) is 7.35. The zero-order valence-corrected chi connectivity index (χ0v) is 17.3. The van der Waals surface area contributed by atoms with Gasteiger partial charge in [0.15, 0.2) is 11.2 Å². The third kappa shape index (κ3) is 4.57. The second-order valence-corrected chi connectivity index (χ2v) is 6.70. The van der Waals surface area contributed by atoms with Crippen LogP contribution in [0.1, 0.15) is 12.0 Å². The summed E-state index contributed by atoms with van der Waals surface area (Å²) in [6, 6.07) is 9.56. The molecule has 0 radical (unpaired) electrons. The van der Waals surface area contributed by atoms with Crippen LogP contribution in [0.15, 0.2) is 46.2 Å². The van der Waals surface area contributed by atoms with Crippen LogP contribution in [0.2, 0.25) is 0 Å². The second-order valence-electron chi connectivity index (χ2n) is 6.70. The number of carbonyl (C=O) groups excluding carboxylic acids is 1. The lowest BCUT2D eigenvalue weighted by Gasteiger charge is -2.23. The third-order valence-corrected chi connectivity index (χ3v) is 4.70. The molecule has 0 aliphatic heterocycles. The summed E-state index contributed by atoms with van der Waals surface area (Å²) in [5.41, 5.74) is 6.06. The molecule has 10 heteroatoms. The van der Waals surface area contributed by atoms with Crippen LogP contribution in [-0.2, 0) is 32.0 Å². The van der Waals surface area contributed by atoms with Crippen LogP contribution in [0.5, 0.6) is 0 Å². The van der Waals surface area contributed by atoms with Gasteiger partial charge in [0.1, 0.15) is 6.54 Å². The summed E-state index contributed by atoms with van der Waals surface area (Å²) in [5, 5.41) is 0. The van der Waals surface area contributed by atoms with Gasteiger partial charge >= 0.3 is 5.69 Å². The van der Waals surface area contributed by atoms with E-state index >= 15 is 0 Å². The Balaban J connectivity index is 0.00000300. The molecule has 0 saturated heterocycles. The first-order valence-corrected chi connectivity index (χ1v) is 9.06. The van der Waals surface area contributed by atoms with E-state index in [0.717, 1.165) is 10.1 Å². The van der Waals surface area contributed by atoms with E-state index in [-0.39, 0.29) is 30.4 Å². The van der Waals surface area contributed by atoms with E-state index in [9.17, 15) is 14.4 Å². The van der Waals surface area contributed by atoms with E-state index < -0.39 is 11.2 Å². The number of nitrogens with zero attached hydrogens (tertiary/aromatic N) is 5. The van der Waals surface area contributed by atoms with Crippen LogP contribution in [0.4, 0.5) is 0 Å². The number of fused-ring (bicyclic) bond motifs is 1. The summed E-state index contributed by atoms with van der Waals surface area (Å²) in [4.78, 5) is 44.1. The smallest absolute Gasteiger partial charge is 0.332 e. The van der Waals surface area contributed by atoms with Crippen molar-refractivity contribution < 1.29 is 4.79 Å². The molecule has 0 aliphatic carbocycles. The van der Waals surface area contributed by atoms with Gasteiger partial charge in [-0.2, -0.15) is 0 Å². The van der Waals surface area contributed by atoms with Crippen molar-refractivity contribution in [3.05, 3.63) is 63.1 Å². The van der Waals surface area contributed by atoms with Crippen molar-refractivity contribution in [3.63, 3.8) is 0 Å². The molecule has 0 atom stereocenters. The normalized spacial score (nSPS) is 10.7. The van der Waals surface area contributed by atoms with Gasteiger partial charge < -0.3 is 15.2 Å². The average molecular weight is 421 g/mol. The highest BCUT2D eigenvalue weighted by atomic mass is 35.5. The highest BCUT2D eigenvalue weighted by molar-refractivity contribution is 5.85. The minimum Gasteiger partial charge on any atom is -0.337 e. The minimum atomic E-state index is -0.567. The van der Waals surface area contributed by atoms with Crippen molar-refractivity contribution in [2.24, 2.45) is 19.8 Å². The van der Waals surface area contributed by atoms with Crippen LogP contribution in [0, 0.1) is 0 Å². The largest absolute Gasteiger partial charge is 0.337 e. The number of halogens is 1. The van der Waals surface area contributed by atoms with Crippen LogP contribution in [0.3, 0.4) is 0 Å². The van der Waals surface area contributed by atoms with Crippen LogP contribution >= 0.6 is 12.4 Å². The maximum atomic E-state index is 13.0. The lowest BCUT2D eigenvalue weighted by Crippen LogP contribution is -2.44. The summed E-state index contributed by atoms with van der Waals surface area (Å²) >= 11 is 0. The van der Waals surface area contributed by atoms with E-state index in [1.165, 1.54) is 17.9 Å². The molecule has 1 amide bonds. The fourth-order valence-corrected chi connectivity index (χ4v) is 3.15. The zero-order chi connectivity index (χ0) is 20.3. The number of benzene rings is 1. The van der Waals surface area contributed by atoms with Crippen molar-refractivity contribution in [2.45, 2.75) is 19.5 Å². The predicted octanol–water partition coefficient (Wildman–Crippen LogP) is 0.233. The van der Waals surface area contributed by atoms with E-state index in [1.54, 1.807) is 16.5 Å². The zero-order valence-electron chi connectivity index (χ0n) is 16.4. The topological polar surface area (TPSA) is 108 Å². The average Bonchev–Trinajstić information content (AvgIpc) is 3.09. The van der Waals surface area contributed by atoms with E-state index in [4.69, 9.17) is 5.73 Å². The number of carbonyl (C=O) groups is 1. The lowest BCUT2D eigenvalue weighted by molar-refractivity contribution is -0.132. The van der Waals surface area contributed by atoms with Gasteiger partial charge in [-0.25, -0.2) is 14.3 Å². The first-order chi connectivity index (χ1) is 13.4. The molecule has 0 bridgehead atoms. The van der Waals surface area contributed by atoms with Gasteiger partial charge in [0.05, 0.1) is 6.33 Å². The standard InChI is InChI=1S/C19H24N6O3.ClH/c1-22-13-21-17-16(22)18(27)25(19(28)23(17)2)12-15(26)24(10-6-9-20)11-14-7-4-3-5-8-14;/h3-5,7-8,13H,6,9-12,20H2,1-2H3;1H. The van der Waals surface area contributed by atoms with Gasteiger partial charge in [0, 0.05) is 27.2 Å². The van der Waals surface area contributed by atoms with Gasteiger partial charge in [-0.15, -0.1) is 12.4 Å². The maximum Gasteiger partial charge on any atom is 0.332 e. The monoisotopic (exact) mass is 420 g/mol. The fourth-order valence-electron chi connectivity index (χ4n) is 3.15. The quantitative estimate of drug-likeness (QED) is 0.588. The predicted molar refractivity (Wildman–Crippen MR) is 113 cm³/mol. The maximum absolute atomic E-state index is 13.0. The molecular formula is C19H25ClN6O3. The molecular weight excluding hydrogens is 396 g/mol. The number of imidazole rings is 1. The van der Waals surface area contributed by atoms with Gasteiger partial charge in [-0.05, 0) is 18.5 Å². The second kappa shape index (κ2) is 9.53. The number of rotatable bonds is 7. The third-order valence-electron chi connectivity index (χ3n) is 4.70. The number of hydrogen-bond donors (Lipinski definition) is 1. The molecule has 0 spiro atoms. The SMILES string of the molecule is Cl.Cn1cnc2c1c(=O)n(CC(=O)N(CCCN)Cc1ccccc1)c(=O)n2C. The Morgan fingerprint density at radius 3 is 2.52 bits per heavy atom. The molecule has 3 aromatic rings. The molecule has 9 nitrogen and oxygen atoms in total. The van der Waals surface area contributed by atoms with Crippen LogP contribution < -0.4 is 17.0 Å². The molecule has 0 saturated carbocycles. The van der Waals surface area contributed by atoms with Gasteiger partial charge in [0.2, 0.25) is 5.91 Å². The molecule has 156 valence electrons. The molecule has 0 fully saturated rings. The number of hydrogen-bond acceptors (Lipinski definition) is 5. The highest BCUT2D eigenvalue weighted by Crippen LogP contribution is 2.07. The Morgan fingerprint density at radius 2 is 1.86 bits per heavy atom. The Morgan fingerprint density at radius 1 is 1.17 bits per heavy atom. The molecule has 0 aliphatic rings. The van der Waals surface area contributed by atoms with Crippen molar-refractivity contribution in [3.8, 4) is 0 Å². The summed E-state index contributed by atoms with van der Waals surface area (Å²) in [6.45, 7) is 0.960. The van der Waals surface area contributed by atoms with E-state index in [1.807, 2.05) is 30.3 Å². The van der Waals surface area contributed by atoms with Crippen molar-refractivity contribution in [2.75, 3.05) is 13.1 Å². The first kappa shape index (κ1) is 22.4.